The SMILES string of the molecule is COC(=O)c1cc2sc(N3[C@@H]4CC[C@H]3CC(OCc3c(-c5ccccc5Cl)noc3C3CC3)C4)nc2c2c1CCO2. The van der Waals surface area contributed by atoms with Gasteiger partial charge in [-0.1, -0.05) is 46.3 Å². The molecule has 0 N–H and O–H groups in total. The van der Waals surface area contributed by atoms with Gasteiger partial charge < -0.3 is 23.6 Å². The first-order chi connectivity index (χ1) is 20.1. The Morgan fingerprint density at radius 3 is 2.73 bits per heavy atom. The fourth-order valence-electron chi connectivity index (χ4n) is 6.89. The molecule has 2 saturated heterocycles. The minimum atomic E-state index is -0.322. The molecule has 4 aromatic rings. The zero-order valence-electron chi connectivity index (χ0n) is 22.7. The number of methoxy groups -OCH3 is 1. The lowest BCUT2D eigenvalue weighted by Gasteiger charge is -2.38. The monoisotopic (exact) mass is 591 g/mol. The minimum absolute atomic E-state index is 0.151. The minimum Gasteiger partial charge on any atom is -0.491 e. The predicted molar refractivity (Wildman–Crippen MR) is 156 cm³/mol. The number of aromatic nitrogens is 2. The number of fused-ring (bicyclic) bond motifs is 5. The number of rotatable bonds is 7. The first-order valence-corrected chi connectivity index (χ1v) is 15.6. The number of ether oxygens (including phenoxy) is 3. The Morgan fingerprint density at radius 2 is 1.98 bits per heavy atom. The number of carbonyl (C=O) groups excluding carboxylic acids is 1. The maximum absolute atomic E-state index is 12.5. The first-order valence-electron chi connectivity index (χ1n) is 14.4. The van der Waals surface area contributed by atoms with Gasteiger partial charge in [0.1, 0.15) is 17.0 Å². The van der Waals surface area contributed by atoms with Crippen molar-refractivity contribution in [2.75, 3.05) is 18.6 Å². The third kappa shape index (κ3) is 4.32. The van der Waals surface area contributed by atoms with Gasteiger partial charge in [-0.05, 0) is 50.7 Å². The highest BCUT2D eigenvalue weighted by Crippen LogP contribution is 2.48. The molecule has 10 heteroatoms. The van der Waals surface area contributed by atoms with E-state index >= 15 is 0 Å². The van der Waals surface area contributed by atoms with E-state index in [2.05, 4.69) is 10.1 Å². The maximum atomic E-state index is 12.5. The number of piperidine rings is 1. The van der Waals surface area contributed by atoms with Crippen molar-refractivity contribution in [3.05, 3.63) is 57.8 Å². The Hall–Kier alpha value is -3.14. The van der Waals surface area contributed by atoms with Crippen LogP contribution in [0.5, 0.6) is 5.75 Å². The lowest BCUT2D eigenvalue weighted by atomic mass is 10.00. The van der Waals surface area contributed by atoms with Crippen LogP contribution in [0.1, 0.15) is 71.7 Å². The van der Waals surface area contributed by atoms with Crippen LogP contribution in [-0.4, -0.2) is 48.0 Å². The molecular weight excluding hydrogens is 562 g/mol. The average Bonchev–Trinajstić information content (AvgIpc) is 3.28. The van der Waals surface area contributed by atoms with Crippen LogP contribution in [0.25, 0.3) is 21.5 Å². The number of anilines is 1. The number of halogens is 1. The quantitative estimate of drug-likeness (QED) is 0.214. The van der Waals surface area contributed by atoms with Crippen LogP contribution in [0.15, 0.2) is 34.9 Å². The molecule has 2 aromatic carbocycles. The fraction of sp³-hybridized carbons (Fsp3) is 0.452. The van der Waals surface area contributed by atoms with Gasteiger partial charge in [-0.2, -0.15) is 0 Å². The smallest absolute Gasteiger partial charge is 0.338 e. The van der Waals surface area contributed by atoms with Crippen LogP contribution in [0.4, 0.5) is 5.13 Å². The lowest BCUT2D eigenvalue weighted by molar-refractivity contribution is 0.0147. The van der Waals surface area contributed by atoms with E-state index in [9.17, 15) is 4.79 Å². The summed E-state index contributed by atoms with van der Waals surface area (Å²) >= 11 is 8.17. The van der Waals surface area contributed by atoms with Crippen LogP contribution in [0.3, 0.4) is 0 Å². The van der Waals surface area contributed by atoms with Crippen LogP contribution in [-0.2, 0) is 22.5 Å². The topological polar surface area (TPSA) is 86.9 Å². The average molecular weight is 592 g/mol. The Bertz CT molecular complexity index is 1650. The van der Waals surface area contributed by atoms with Crippen LogP contribution >= 0.6 is 22.9 Å². The van der Waals surface area contributed by atoms with Crippen molar-refractivity contribution in [2.45, 2.75) is 75.7 Å². The Balaban J connectivity index is 1.03. The summed E-state index contributed by atoms with van der Waals surface area (Å²) in [5, 5.41) is 6.11. The molecule has 1 aliphatic carbocycles. The number of benzene rings is 2. The van der Waals surface area contributed by atoms with Gasteiger partial charge in [0.05, 0.1) is 41.7 Å². The molecule has 2 aromatic heterocycles. The van der Waals surface area contributed by atoms with Crippen LogP contribution < -0.4 is 9.64 Å². The fourth-order valence-corrected chi connectivity index (χ4v) is 8.27. The van der Waals surface area contributed by atoms with E-state index in [1.54, 1.807) is 11.3 Å². The Labute approximate surface area is 246 Å². The molecule has 3 aliphatic heterocycles. The Kier molecular flexibility index (Phi) is 6.23. The summed E-state index contributed by atoms with van der Waals surface area (Å²) in [6.45, 7) is 1.03. The molecule has 0 radical (unpaired) electrons. The summed E-state index contributed by atoms with van der Waals surface area (Å²) in [6.07, 6.45) is 7.23. The van der Waals surface area contributed by atoms with Gasteiger partial charge in [-0.15, -0.1) is 0 Å². The van der Waals surface area contributed by atoms with Crippen molar-refractivity contribution in [3.63, 3.8) is 0 Å². The standard InChI is InChI=1S/C31H30ClN3O5S/c1-37-30(36)22-14-25-27(29-20(22)10-11-38-29)33-31(41-25)35-17-8-9-18(35)13-19(12-17)39-15-23-26(21-4-2-3-5-24(21)32)34-40-28(23)16-6-7-16/h2-5,14,16-19H,6-13,15H2,1H3/t17-,18+,19?. The summed E-state index contributed by atoms with van der Waals surface area (Å²) < 4.78 is 24.4. The number of thiazole rings is 1. The second-order valence-electron chi connectivity index (χ2n) is 11.5. The molecule has 3 fully saturated rings. The predicted octanol–water partition coefficient (Wildman–Crippen LogP) is 6.92. The molecule has 1 saturated carbocycles. The second kappa shape index (κ2) is 10.00. The van der Waals surface area contributed by atoms with Crippen molar-refractivity contribution >= 4 is 44.3 Å². The van der Waals surface area contributed by atoms with E-state index in [4.69, 9.17) is 35.3 Å². The summed E-state index contributed by atoms with van der Waals surface area (Å²) in [6, 6.07) is 10.4. The third-order valence-corrected chi connectivity index (χ3v) is 10.4. The van der Waals surface area contributed by atoms with E-state index in [0.29, 0.717) is 48.2 Å². The zero-order valence-corrected chi connectivity index (χ0v) is 24.3. The van der Waals surface area contributed by atoms with Crippen molar-refractivity contribution in [1.29, 1.82) is 0 Å². The Morgan fingerprint density at radius 1 is 1.17 bits per heavy atom. The number of hydrogen-bond donors (Lipinski definition) is 0. The molecule has 5 heterocycles. The summed E-state index contributed by atoms with van der Waals surface area (Å²) in [5.41, 5.74) is 5.08. The molecular formula is C31H30ClN3O5S. The van der Waals surface area contributed by atoms with Gasteiger partial charge in [-0.3, -0.25) is 0 Å². The summed E-state index contributed by atoms with van der Waals surface area (Å²) in [5.74, 6) is 1.80. The molecule has 212 valence electrons. The van der Waals surface area contributed by atoms with Gasteiger partial charge in [0, 0.05) is 41.1 Å². The number of nitrogens with zero attached hydrogens (tertiary/aromatic N) is 3. The molecule has 3 atom stereocenters. The highest BCUT2D eigenvalue weighted by molar-refractivity contribution is 7.22. The van der Waals surface area contributed by atoms with Gasteiger partial charge in [0.15, 0.2) is 10.9 Å². The second-order valence-corrected chi connectivity index (χ2v) is 12.9. The van der Waals surface area contributed by atoms with Gasteiger partial charge in [0.25, 0.3) is 0 Å². The molecule has 0 amide bonds. The maximum Gasteiger partial charge on any atom is 0.338 e. The van der Waals surface area contributed by atoms with Crippen molar-refractivity contribution in [3.8, 4) is 17.0 Å². The highest BCUT2D eigenvalue weighted by atomic mass is 35.5. The van der Waals surface area contributed by atoms with E-state index in [0.717, 1.165) is 87.8 Å². The summed E-state index contributed by atoms with van der Waals surface area (Å²) in [4.78, 5) is 20.0. The molecule has 1 unspecified atom stereocenters. The van der Waals surface area contributed by atoms with Crippen LogP contribution in [0.2, 0.25) is 5.02 Å². The van der Waals surface area contributed by atoms with E-state index < -0.39 is 0 Å². The van der Waals surface area contributed by atoms with E-state index in [-0.39, 0.29) is 12.1 Å². The largest absolute Gasteiger partial charge is 0.491 e. The van der Waals surface area contributed by atoms with Gasteiger partial charge in [-0.25, -0.2) is 9.78 Å². The van der Waals surface area contributed by atoms with E-state index in [1.165, 1.54) is 7.11 Å². The molecule has 8 rings (SSSR count). The lowest BCUT2D eigenvalue weighted by Crippen LogP contribution is -2.45. The number of esters is 1. The molecule has 41 heavy (non-hydrogen) atoms. The van der Waals surface area contributed by atoms with Crippen LogP contribution in [0, 0.1) is 0 Å². The van der Waals surface area contributed by atoms with E-state index in [1.807, 2.05) is 30.3 Å². The number of hydrogen-bond acceptors (Lipinski definition) is 9. The van der Waals surface area contributed by atoms with Gasteiger partial charge >= 0.3 is 5.97 Å². The van der Waals surface area contributed by atoms with Crippen molar-refractivity contribution < 1.29 is 23.5 Å². The molecule has 8 nitrogen and oxygen atoms in total. The first kappa shape index (κ1) is 25.6. The molecule has 2 bridgehead atoms. The summed E-state index contributed by atoms with van der Waals surface area (Å²) in [7, 11) is 1.42. The zero-order chi connectivity index (χ0) is 27.7. The normalized spacial score (nSPS) is 23.2. The number of carbonyl (C=O) groups is 1. The van der Waals surface area contributed by atoms with Crippen molar-refractivity contribution in [2.24, 2.45) is 0 Å². The third-order valence-electron chi connectivity index (χ3n) is 9.01. The molecule has 0 spiro atoms. The molecule has 4 aliphatic rings. The van der Waals surface area contributed by atoms with Crippen molar-refractivity contribution in [1.82, 2.24) is 10.1 Å². The highest BCUT2D eigenvalue weighted by Gasteiger charge is 2.43. The van der Waals surface area contributed by atoms with Gasteiger partial charge in [0.2, 0.25) is 0 Å².